The second-order valence-corrected chi connectivity index (χ2v) is 8.80. The van der Waals surface area contributed by atoms with Gasteiger partial charge in [0, 0.05) is 30.4 Å². The van der Waals surface area contributed by atoms with Gasteiger partial charge in [-0.2, -0.15) is 26.3 Å². The van der Waals surface area contributed by atoms with Crippen LogP contribution in [0.15, 0.2) is 77.8 Å². The van der Waals surface area contributed by atoms with Crippen molar-refractivity contribution in [2.45, 2.75) is 18.5 Å². The highest BCUT2D eigenvalue weighted by molar-refractivity contribution is 9.10. The molecule has 15 heteroatoms. The average molecular weight is 658 g/mol. The number of benzene rings is 2. The Kier molecular flexibility index (Phi) is 11.9. The standard InChI is InChI=1S/C12H8ClF3N2O.C8H7F3O.C4H2BrClN2/c13-11-17-5-8(6-18-11)10(19)7-2-1-3-9(4-7)12(14,15)16;1-12-7-4-2-3-6(5-7)8(9,10)11;5-3-1-7-4(6)8-2-3/h1-6,10,19H;2-5H,1H3;1-2H. The summed E-state index contributed by atoms with van der Waals surface area (Å²) in [5.74, 6) is 0.213. The molecule has 1 unspecified atom stereocenters. The Hall–Kier alpha value is -3.00. The summed E-state index contributed by atoms with van der Waals surface area (Å²) in [4.78, 5) is 14.7. The number of aromatic nitrogens is 4. The summed E-state index contributed by atoms with van der Waals surface area (Å²) in [6.45, 7) is 0. The quantitative estimate of drug-likeness (QED) is 0.179. The second kappa shape index (κ2) is 14.4. The lowest BCUT2D eigenvalue weighted by Gasteiger charge is -2.13. The van der Waals surface area contributed by atoms with E-state index in [-0.39, 0.29) is 27.4 Å². The largest absolute Gasteiger partial charge is 0.497 e. The number of rotatable bonds is 3. The molecule has 0 aliphatic rings. The van der Waals surface area contributed by atoms with Crippen LogP contribution in [0.2, 0.25) is 10.6 Å². The van der Waals surface area contributed by atoms with Crippen molar-refractivity contribution in [2.75, 3.05) is 7.11 Å². The number of aliphatic hydroxyl groups is 1. The molecule has 208 valence electrons. The van der Waals surface area contributed by atoms with Crippen molar-refractivity contribution in [2.24, 2.45) is 0 Å². The molecule has 39 heavy (non-hydrogen) atoms. The molecule has 0 saturated carbocycles. The maximum Gasteiger partial charge on any atom is 0.416 e. The van der Waals surface area contributed by atoms with Crippen LogP contribution in [0.5, 0.6) is 5.75 Å². The van der Waals surface area contributed by atoms with E-state index in [0.29, 0.717) is 0 Å². The molecule has 0 radical (unpaired) electrons. The van der Waals surface area contributed by atoms with E-state index >= 15 is 0 Å². The molecule has 4 rings (SSSR count). The van der Waals surface area contributed by atoms with Gasteiger partial charge in [-0.25, -0.2) is 19.9 Å². The molecule has 1 atom stereocenters. The van der Waals surface area contributed by atoms with Gasteiger partial charge < -0.3 is 9.84 Å². The fraction of sp³-hybridized carbons (Fsp3) is 0.167. The van der Waals surface area contributed by atoms with E-state index in [2.05, 4.69) is 40.6 Å². The summed E-state index contributed by atoms with van der Waals surface area (Å²) in [6.07, 6.45) is -4.27. The highest BCUT2D eigenvalue weighted by Crippen LogP contribution is 2.32. The number of hydrogen-bond acceptors (Lipinski definition) is 6. The van der Waals surface area contributed by atoms with Crippen LogP contribution < -0.4 is 4.74 Å². The topological polar surface area (TPSA) is 81.0 Å². The van der Waals surface area contributed by atoms with Gasteiger partial charge in [-0.05, 0) is 75.0 Å². The predicted molar refractivity (Wildman–Crippen MR) is 135 cm³/mol. The van der Waals surface area contributed by atoms with Gasteiger partial charge in [0.25, 0.3) is 0 Å². The van der Waals surface area contributed by atoms with Crippen LogP contribution >= 0.6 is 39.1 Å². The number of nitrogens with zero attached hydrogens (tertiary/aromatic N) is 4. The molecule has 1 N–H and O–H groups in total. The lowest BCUT2D eigenvalue weighted by molar-refractivity contribution is -0.138. The van der Waals surface area contributed by atoms with Crippen molar-refractivity contribution in [1.82, 2.24) is 19.9 Å². The van der Waals surface area contributed by atoms with Crippen molar-refractivity contribution < 1.29 is 36.2 Å². The van der Waals surface area contributed by atoms with Gasteiger partial charge in [-0.15, -0.1) is 0 Å². The fourth-order valence-electron chi connectivity index (χ4n) is 2.64. The molecule has 4 aromatic rings. The Bertz CT molecular complexity index is 1310. The van der Waals surface area contributed by atoms with Crippen molar-refractivity contribution in [3.8, 4) is 5.75 Å². The van der Waals surface area contributed by atoms with E-state index in [1.165, 1.54) is 43.8 Å². The highest BCUT2D eigenvalue weighted by atomic mass is 79.9. The molecule has 0 fully saturated rings. The fourth-order valence-corrected chi connectivity index (χ4v) is 3.04. The van der Waals surface area contributed by atoms with Gasteiger partial charge in [0.1, 0.15) is 11.9 Å². The Morgan fingerprint density at radius 2 is 1.21 bits per heavy atom. The van der Waals surface area contributed by atoms with Gasteiger partial charge in [0.15, 0.2) is 0 Å². The van der Waals surface area contributed by atoms with Crippen LogP contribution in [0.4, 0.5) is 26.3 Å². The molecule has 0 aliphatic heterocycles. The Morgan fingerprint density at radius 1 is 0.744 bits per heavy atom. The van der Waals surface area contributed by atoms with Gasteiger partial charge in [0.05, 0.1) is 22.7 Å². The minimum absolute atomic E-state index is 0.00000719. The van der Waals surface area contributed by atoms with Gasteiger partial charge in [0.2, 0.25) is 10.6 Å². The first-order valence-electron chi connectivity index (χ1n) is 10.4. The summed E-state index contributed by atoms with van der Waals surface area (Å²) >= 11 is 14.0. The minimum atomic E-state index is -4.45. The number of methoxy groups -OCH3 is 1. The van der Waals surface area contributed by atoms with Crippen LogP contribution in [0.3, 0.4) is 0 Å². The minimum Gasteiger partial charge on any atom is -0.497 e. The van der Waals surface area contributed by atoms with Crippen molar-refractivity contribution >= 4 is 39.1 Å². The maximum atomic E-state index is 12.6. The zero-order valence-electron chi connectivity index (χ0n) is 19.6. The SMILES string of the molecule is COc1cccc(C(F)(F)F)c1.Clc1ncc(Br)cn1.OC(c1cnc(Cl)nc1)c1cccc(C(F)(F)F)c1. The number of aliphatic hydroxyl groups excluding tert-OH is 1. The zero-order chi connectivity index (χ0) is 29.2. The molecule has 2 aromatic heterocycles. The van der Waals surface area contributed by atoms with E-state index in [0.717, 1.165) is 28.7 Å². The van der Waals surface area contributed by atoms with Crippen LogP contribution in [0.1, 0.15) is 28.4 Å². The number of alkyl halides is 6. The van der Waals surface area contributed by atoms with Crippen LogP contribution in [-0.4, -0.2) is 32.2 Å². The lowest BCUT2D eigenvalue weighted by atomic mass is 10.0. The van der Waals surface area contributed by atoms with E-state index in [1.54, 1.807) is 12.4 Å². The molecule has 0 amide bonds. The molecule has 0 aliphatic carbocycles. The third-order valence-electron chi connectivity index (χ3n) is 4.47. The Morgan fingerprint density at radius 3 is 1.67 bits per heavy atom. The molecule has 6 nitrogen and oxygen atoms in total. The summed E-state index contributed by atoms with van der Waals surface area (Å²) in [5, 5.41) is 10.3. The summed E-state index contributed by atoms with van der Waals surface area (Å²) < 4.78 is 79.3. The normalized spacial score (nSPS) is 11.9. The molecule has 0 bridgehead atoms. The van der Waals surface area contributed by atoms with Crippen molar-refractivity contribution in [3.05, 3.63) is 111 Å². The maximum absolute atomic E-state index is 12.6. The monoisotopic (exact) mass is 656 g/mol. The van der Waals surface area contributed by atoms with Gasteiger partial charge in [-0.1, -0.05) is 18.2 Å². The lowest BCUT2D eigenvalue weighted by Crippen LogP contribution is -2.07. The Labute approximate surface area is 236 Å². The first-order valence-corrected chi connectivity index (χ1v) is 11.9. The van der Waals surface area contributed by atoms with Crippen LogP contribution in [0, 0.1) is 0 Å². The van der Waals surface area contributed by atoms with Crippen molar-refractivity contribution in [1.29, 1.82) is 0 Å². The molecule has 2 heterocycles. The first kappa shape index (κ1) is 32.2. The molecular weight excluding hydrogens is 641 g/mol. The summed E-state index contributed by atoms with van der Waals surface area (Å²) in [6, 6.07) is 9.19. The summed E-state index contributed by atoms with van der Waals surface area (Å²) in [5.41, 5.74) is -1.13. The molecular formula is C24H17BrCl2F6N4O2. The van der Waals surface area contributed by atoms with Gasteiger partial charge >= 0.3 is 12.4 Å². The summed E-state index contributed by atoms with van der Waals surface area (Å²) in [7, 11) is 1.33. The third kappa shape index (κ3) is 10.9. The van der Waals surface area contributed by atoms with Crippen LogP contribution in [-0.2, 0) is 12.4 Å². The number of halogens is 9. The number of ether oxygens (including phenoxy) is 1. The first-order chi connectivity index (χ1) is 18.2. The second-order valence-electron chi connectivity index (χ2n) is 7.21. The van der Waals surface area contributed by atoms with E-state index in [9.17, 15) is 31.4 Å². The smallest absolute Gasteiger partial charge is 0.416 e. The molecule has 0 saturated heterocycles. The van der Waals surface area contributed by atoms with E-state index in [4.69, 9.17) is 23.2 Å². The van der Waals surface area contributed by atoms with Crippen LogP contribution in [0.25, 0.3) is 0 Å². The number of hydrogen-bond donors (Lipinski definition) is 1. The average Bonchev–Trinajstić information content (AvgIpc) is 2.90. The highest BCUT2D eigenvalue weighted by Gasteiger charge is 2.31. The van der Waals surface area contributed by atoms with E-state index in [1.807, 2.05) is 0 Å². The zero-order valence-corrected chi connectivity index (χ0v) is 22.6. The third-order valence-corrected chi connectivity index (χ3v) is 5.27. The predicted octanol–water partition coefficient (Wildman–Crippen LogP) is 7.84. The van der Waals surface area contributed by atoms with E-state index < -0.39 is 29.6 Å². The molecule has 0 spiro atoms. The van der Waals surface area contributed by atoms with Gasteiger partial charge in [-0.3, -0.25) is 0 Å². The van der Waals surface area contributed by atoms with Crippen molar-refractivity contribution in [3.63, 3.8) is 0 Å². The Balaban J connectivity index is 0.000000227. The molecule has 2 aromatic carbocycles.